The lowest BCUT2D eigenvalue weighted by Crippen LogP contribution is -2.19. The summed E-state index contributed by atoms with van der Waals surface area (Å²) in [6, 6.07) is 15.0. The Morgan fingerprint density at radius 3 is 2.50 bits per heavy atom. The molecule has 1 atom stereocenters. The van der Waals surface area contributed by atoms with E-state index in [4.69, 9.17) is 4.89 Å². The number of hydrogen-bond donors (Lipinski definition) is 2. The van der Waals surface area contributed by atoms with Crippen LogP contribution in [0.5, 0.6) is 5.75 Å². The third-order valence-corrected chi connectivity index (χ3v) is 6.09. The fourth-order valence-electron chi connectivity index (χ4n) is 3.01. The molecule has 5 nitrogen and oxygen atoms in total. The minimum atomic E-state index is -4.75. The predicted molar refractivity (Wildman–Crippen MR) is 121 cm³/mol. The predicted octanol–water partition coefficient (Wildman–Crippen LogP) is 5.97. The summed E-state index contributed by atoms with van der Waals surface area (Å²) in [6.45, 7) is 1.00. The number of halogens is 3. The van der Waals surface area contributed by atoms with Gasteiger partial charge in [0.1, 0.15) is 5.75 Å². The molecule has 0 aliphatic rings. The highest BCUT2D eigenvalue weighted by molar-refractivity contribution is 7.99. The molecular formula is C22H29F3NO4PS. The van der Waals surface area contributed by atoms with Crippen LogP contribution in [-0.4, -0.2) is 30.2 Å². The molecule has 0 spiro atoms. The normalized spacial score (nSPS) is 12.6. The van der Waals surface area contributed by atoms with Gasteiger partial charge in [-0.05, 0) is 61.2 Å². The van der Waals surface area contributed by atoms with E-state index >= 15 is 0 Å². The van der Waals surface area contributed by atoms with Gasteiger partial charge in [-0.2, -0.15) is 0 Å². The molecule has 1 unspecified atom stereocenters. The fraction of sp³-hybridized carbons (Fsp3) is 0.455. The lowest BCUT2D eigenvalue weighted by atomic mass is 10.1. The summed E-state index contributed by atoms with van der Waals surface area (Å²) >= 11 is 1.37. The van der Waals surface area contributed by atoms with Gasteiger partial charge >= 0.3 is 14.6 Å². The number of nitrogens with one attached hydrogen (secondary N) is 1. The molecule has 0 heterocycles. The summed E-state index contributed by atoms with van der Waals surface area (Å²) < 4.78 is 57.9. The monoisotopic (exact) mass is 491 g/mol. The molecule has 2 aromatic rings. The van der Waals surface area contributed by atoms with Crippen LogP contribution in [0.4, 0.5) is 13.2 Å². The third-order valence-electron chi connectivity index (χ3n) is 4.50. The topological polar surface area (TPSA) is 67.8 Å². The van der Waals surface area contributed by atoms with Gasteiger partial charge in [0, 0.05) is 11.4 Å². The molecule has 0 aliphatic carbocycles. The summed E-state index contributed by atoms with van der Waals surface area (Å²) in [5.74, 6) is 0.530. The first-order valence-electron chi connectivity index (χ1n) is 10.5. The second-order valence-electron chi connectivity index (χ2n) is 7.12. The van der Waals surface area contributed by atoms with Crippen LogP contribution in [-0.2, 0) is 22.1 Å². The van der Waals surface area contributed by atoms with E-state index in [1.54, 1.807) is 12.1 Å². The Bertz CT molecular complexity index is 825. The zero-order valence-corrected chi connectivity index (χ0v) is 19.5. The van der Waals surface area contributed by atoms with Crippen molar-refractivity contribution in [2.45, 2.75) is 49.9 Å². The number of rotatable bonds is 15. The fourth-order valence-corrected chi connectivity index (χ4v) is 4.30. The molecule has 0 aliphatic heterocycles. The maximum absolute atomic E-state index is 12.9. The van der Waals surface area contributed by atoms with E-state index < -0.39 is 14.6 Å². The average molecular weight is 492 g/mol. The highest BCUT2D eigenvalue weighted by Gasteiger charge is 2.32. The van der Waals surface area contributed by atoms with Gasteiger partial charge in [0.05, 0.1) is 6.61 Å². The van der Waals surface area contributed by atoms with Crippen molar-refractivity contribution in [3.8, 4) is 5.75 Å². The summed E-state index contributed by atoms with van der Waals surface area (Å²) in [5.41, 5.74) is 1.95. The van der Waals surface area contributed by atoms with Crippen LogP contribution in [0.25, 0.3) is 0 Å². The molecule has 2 N–H and O–H groups in total. The number of benzene rings is 2. The number of alkyl halides is 3. The molecule has 0 aromatic heterocycles. The van der Waals surface area contributed by atoms with E-state index in [1.807, 2.05) is 18.2 Å². The molecule has 0 radical (unpaired) electrons. The van der Waals surface area contributed by atoms with Crippen molar-refractivity contribution < 1.29 is 31.9 Å². The Morgan fingerprint density at radius 2 is 1.78 bits per heavy atom. The van der Waals surface area contributed by atoms with E-state index in [-0.39, 0.29) is 12.4 Å². The molecule has 178 valence electrons. The molecule has 32 heavy (non-hydrogen) atoms. The van der Waals surface area contributed by atoms with Gasteiger partial charge in [-0.1, -0.05) is 42.8 Å². The molecular weight excluding hydrogens is 462 g/mol. The Morgan fingerprint density at radius 1 is 1.00 bits per heavy atom. The highest BCUT2D eigenvalue weighted by atomic mass is 32.2. The van der Waals surface area contributed by atoms with Crippen molar-refractivity contribution in [1.29, 1.82) is 0 Å². The summed E-state index contributed by atoms with van der Waals surface area (Å²) in [7, 11) is -2.93. The van der Waals surface area contributed by atoms with Crippen LogP contribution >= 0.6 is 20.0 Å². The Labute approximate surface area is 191 Å². The summed E-state index contributed by atoms with van der Waals surface area (Å²) in [5, 5.41) is 3.07. The van der Waals surface area contributed by atoms with Gasteiger partial charge in [0.25, 0.3) is 0 Å². The molecule has 0 saturated heterocycles. The van der Waals surface area contributed by atoms with E-state index in [0.29, 0.717) is 35.7 Å². The van der Waals surface area contributed by atoms with Gasteiger partial charge in [-0.25, -0.2) is 0 Å². The SMILES string of the molecule is O=[PH](O)OCCCNCc1ccc(SCCCCCc2ccccc2)c(OC(F)(F)F)c1. The van der Waals surface area contributed by atoms with Crippen molar-refractivity contribution in [2.75, 3.05) is 18.9 Å². The molecule has 10 heteroatoms. The molecule has 0 amide bonds. The minimum absolute atomic E-state index is 0.144. The second kappa shape index (κ2) is 14.6. The van der Waals surface area contributed by atoms with Crippen LogP contribution < -0.4 is 10.1 Å². The first-order chi connectivity index (χ1) is 15.3. The number of ether oxygens (including phenoxy) is 1. The average Bonchev–Trinajstić information content (AvgIpc) is 2.73. The maximum atomic E-state index is 12.9. The van der Waals surface area contributed by atoms with Crippen LogP contribution in [0.15, 0.2) is 53.4 Å². The summed E-state index contributed by atoms with van der Waals surface area (Å²) in [6.07, 6.45) is -0.275. The first kappa shape index (κ1) is 26.7. The highest BCUT2D eigenvalue weighted by Crippen LogP contribution is 2.34. The Kier molecular flexibility index (Phi) is 12.2. The van der Waals surface area contributed by atoms with Crippen molar-refractivity contribution in [2.24, 2.45) is 0 Å². The van der Waals surface area contributed by atoms with Crippen molar-refractivity contribution in [1.82, 2.24) is 5.32 Å². The zero-order chi connectivity index (χ0) is 23.2. The van der Waals surface area contributed by atoms with Gasteiger partial charge in [0.2, 0.25) is 0 Å². The minimum Gasteiger partial charge on any atom is -0.405 e. The number of aryl methyl sites for hydroxylation is 1. The largest absolute Gasteiger partial charge is 0.573 e. The first-order valence-corrected chi connectivity index (χ1v) is 12.7. The maximum Gasteiger partial charge on any atom is 0.573 e. The molecule has 0 saturated carbocycles. The Hall–Kier alpha value is -1.51. The quantitative estimate of drug-likeness (QED) is 0.182. The zero-order valence-electron chi connectivity index (χ0n) is 17.7. The molecule has 0 fully saturated rings. The van der Waals surface area contributed by atoms with E-state index in [2.05, 4.69) is 26.7 Å². The molecule has 2 aromatic carbocycles. The van der Waals surface area contributed by atoms with Crippen LogP contribution in [0.2, 0.25) is 0 Å². The van der Waals surface area contributed by atoms with Crippen LogP contribution in [0.1, 0.15) is 36.8 Å². The standard InChI is InChI=1S/C22H29F3NO4PS/c23-22(24,25)30-20-16-19(17-26-13-7-14-29-31(27)28)11-12-21(20)32-15-6-2-5-10-18-8-3-1-4-9-18/h1,3-4,8-9,11-12,16,26,31H,2,5-7,10,13-15,17H2,(H,27,28). The van der Waals surface area contributed by atoms with Gasteiger partial charge in [0.15, 0.2) is 0 Å². The smallest absolute Gasteiger partial charge is 0.405 e. The van der Waals surface area contributed by atoms with Gasteiger partial charge < -0.3 is 19.5 Å². The van der Waals surface area contributed by atoms with Gasteiger partial charge in [-0.3, -0.25) is 4.57 Å². The third kappa shape index (κ3) is 11.9. The second-order valence-corrected chi connectivity index (χ2v) is 9.08. The molecule has 2 rings (SSSR count). The number of unbranched alkanes of at least 4 members (excludes halogenated alkanes) is 2. The lowest BCUT2D eigenvalue weighted by molar-refractivity contribution is -0.275. The summed E-state index contributed by atoms with van der Waals surface area (Å²) in [4.78, 5) is 9.05. The van der Waals surface area contributed by atoms with Crippen molar-refractivity contribution in [3.05, 3.63) is 59.7 Å². The van der Waals surface area contributed by atoms with E-state index in [1.165, 1.54) is 23.4 Å². The van der Waals surface area contributed by atoms with E-state index in [9.17, 15) is 17.7 Å². The lowest BCUT2D eigenvalue weighted by Gasteiger charge is -2.15. The van der Waals surface area contributed by atoms with Crippen LogP contribution in [0, 0.1) is 0 Å². The van der Waals surface area contributed by atoms with Gasteiger partial charge in [-0.15, -0.1) is 24.9 Å². The Balaban J connectivity index is 1.78. The van der Waals surface area contributed by atoms with Crippen molar-refractivity contribution in [3.63, 3.8) is 0 Å². The van der Waals surface area contributed by atoms with E-state index in [0.717, 1.165) is 25.7 Å². The number of hydrogen-bond acceptors (Lipinski definition) is 5. The van der Waals surface area contributed by atoms with Crippen molar-refractivity contribution >= 4 is 20.0 Å². The number of thioether (sulfide) groups is 1. The van der Waals surface area contributed by atoms with Crippen LogP contribution in [0.3, 0.4) is 0 Å². The molecule has 0 bridgehead atoms.